The van der Waals surface area contributed by atoms with Gasteiger partial charge in [-0.3, -0.25) is 0 Å². The number of hydrogen-bond donors (Lipinski definition) is 1. The van der Waals surface area contributed by atoms with E-state index in [9.17, 15) is 0 Å². The Labute approximate surface area is 206 Å². The molecule has 0 amide bonds. The van der Waals surface area contributed by atoms with Crippen molar-refractivity contribution in [3.63, 3.8) is 0 Å². The molecule has 4 heterocycles. The number of nitrogens with one attached hydrogen (secondary N) is 1. The summed E-state index contributed by atoms with van der Waals surface area (Å²) < 4.78 is 16.9. The highest BCUT2D eigenvalue weighted by Crippen LogP contribution is 2.29. The van der Waals surface area contributed by atoms with Crippen LogP contribution in [-0.4, -0.2) is 67.4 Å². The molecule has 0 radical (unpaired) electrons. The van der Waals surface area contributed by atoms with Crippen LogP contribution in [-0.2, 0) is 9.47 Å². The number of hydrazone groups is 1. The Balaban J connectivity index is 1.33. The molecule has 5 rings (SSSR count). The van der Waals surface area contributed by atoms with Gasteiger partial charge in [-0.2, -0.15) is 20.1 Å². The fraction of sp³-hybridized carbons (Fsp3) is 0.364. The summed E-state index contributed by atoms with van der Waals surface area (Å²) in [5.74, 6) is 2.68. The molecule has 0 aliphatic carbocycles. The quantitative estimate of drug-likeness (QED) is 0.396. The average Bonchev–Trinajstić information content (AvgIpc) is 3.35. The third-order valence-electron chi connectivity index (χ3n) is 5.34. The van der Waals surface area contributed by atoms with E-state index in [1.54, 1.807) is 18.3 Å². The van der Waals surface area contributed by atoms with Gasteiger partial charge in [0.15, 0.2) is 0 Å². The maximum Gasteiger partial charge on any atom is 0.250 e. The van der Waals surface area contributed by atoms with Gasteiger partial charge in [-0.25, -0.2) is 5.43 Å². The second-order valence-electron chi connectivity index (χ2n) is 7.71. The summed E-state index contributed by atoms with van der Waals surface area (Å²) in [7, 11) is 0. The molecule has 0 spiro atoms. The first-order valence-corrected chi connectivity index (χ1v) is 11.7. The van der Waals surface area contributed by atoms with Crippen molar-refractivity contribution in [2.24, 2.45) is 5.10 Å². The lowest BCUT2D eigenvalue weighted by Gasteiger charge is -2.30. The minimum atomic E-state index is 0.338. The lowest BCUT2D eigenvalue weighted by Crippen LogP contribution is -2.39. The molecule has 2 saturated heterocycles. The van der Waals surface area contributed by atoms with Crippen LogP contribution in [0.25, 0.3) is 11.3 Å². The predicted molar refractivity (Wildman–Crippen MR) is 131 cm³/mol. The molecule has 0 unspecified atom stereocenters. The topological polar surface area (TPSA) is 101 Å². The zero-order valence-corrected chi connectivity index (χ0v) is 19.8. The fourth-order valence-electron chi connectivity index (χ4n) is 3.58. The van der Waals surface area contributed by atoms with Crippen LogP contribution in [0.1, 0.15) is 12.2 Å². The van der Waals surface area contributed by atoms with E-state index in [-0.39, 0.29) is 0 Å². The van der Waals surface area contributed by atoms with Crippen molar-refractivity contribution in [2.75, 3.05) is 61.4 Å². The van der Waals surface area contributed by atoms with E-state index in [1.165, 1.54) is 0 Å². The summed E-state index contributed by atoms with van der Waals surface area (Å²) in [5, 5.41) is 5.22. The highest BCUT2D eigenvalue weighted by molar-refractivity contribution is 6.42. The van der Waals surface area contributed by atoms with Crippen LogP contribution in [0.4, 0.5) is 17.8 Å². The first-order valence-electron chi connectivity index (χ1n) is 10.9. The molecule has 1 aromatic carbocycles. The van der Waals surface area contributed by atoms with Crippen LogP contribution >= 0.6 is 23.2 Å². The second-order valence-corrected chi connectivity index (χ2v) is 8.53. The van der Waals surface area contributed by atoms with Gasteiger partial charge in [0.1, 0.15) is 18.3 Å². The molecule has 0 bridgehead atoms. The van der Waals surface area contributed by atoms with E-state index in [1.807, 2.05) is 23.1 Å². The smallest absolute Gasteiger partial charge is 0.250 e. The Morgan fingerprint density at radius 1 is 0.882 bits per heavy atom. The lowest BCUT2D eigenvalue weighted by molar-refractivity contribution is 0.106. The van der Waals surface area contributed by atoms with Gasteiger partial charge in [0.05, 0.1) is 36.1 Å². The molecule has 0 saturated carbocycles. The number of hydrogen-bond acceptors (Lipinski definition) is 10. The number of rotatable bonds is 6. The third kappa shape index (κ3) is 5.41. The first kappa shape index (κ1) is 22.9. The number of furan rings is 1. The summed E-state index contributed by atoms with van der Waals surface area (Å²) in [6.45, 7) is 4.70. The Morgan fingerprint density at radius 2 is 1.71 bits per heavy atom. The Morgan fingerprint density at radius 3 is 2.47 bits per heavy atom. The van der Waals surface area contributed by atoms with E-state index in [0.717, 1.165) is 25.1 Å². The number of halogens is 2. The molecular formula is C22H23Cl2N7O3. The normalized spacial score (nSPS) is 16.9. The molecule has 178 valence electrons. The fourth-order valence-corrected chi connectivity index (χ4v) is 3.88. The molecular weight excluding hydrogens is 481 g/mol. The van der Waals surface area contributed by atoms with Crippen LogP contribution < -0.4 is 15.2 Å². The van der Waals surface area contributed by atoms with Gasteiger partial charge in [0, 0.05) is 25.2 Å². The summed E-state index contributed by atoms with van der Waals surface area (Å²) in [4.78, 5) is 17.8. The number of nitrogens with zero attached hydrogens (tertiary/aromatic N) is 6. The van der Waals surface area contributed by atoms with Gasteiger partial charge in [0.25, 0.3) is 0 Å². The standard InChI is InChI=1S/C22H23Cl2N7O3/c23-17-4-2-15(12-18(17)24)19-5-3-16(34-19)13-25-29-20-26-21(30-7-10-32-11-8-30)28-22(27-20)31-6-1-9-33-14-31/h2-5,12-13H,1,6-11,14H2,(H,26,27,28,29). The van der Waals surface area contributed by atoms with Gasteiger partial charge in [-0.15, -0.1) is 0 Å². The van der Waals surface area contributed by atoms with Gasteiger partial charge >= 0.3 is 0 Å². The summed E-state index contributed by atoms with van der Waals surface area (Å²) >= 11 is 12.1. The van der Waals surface area contributed by atoms with Crippen LogP contribution in [0, 0.1) is 0 Å². The number of morpholine rings is 1. The lowest BCUT2D eigenvalue weighted by atomic mass is 10.2. The minimum Gasteiger partial charge on any atom is -0.455 e. The zero-order valence-electron chi connectivity index (χ0n) is 18.3. The molecule has 0 atom stereocenters. The molecule has 2 aliphatic rings. The van der Waals surface area contributed by atoms with E-state index < -0.39 is 0 Å². The maximum absolute atomic E-state index is 6.11. The van der Waals surface area contributed by atoms with Crippen molar-refractivity contribution < 1.29 is 13.9 Å². The Kier molecular flexibility index (Phi) is 7.10. The second kappa shape index (κ2) is 10.6. The van der Waals surface area contributed by atoms with Crippen molar-refractivity contribution in [2.45, 2.75) is 6.42 Å². The van der Waals surface area contributed by atoms with E-state index >= 15 is 0 Å². The van der Waals surface area contributed by atoms with E-state index in [0.29, 0.717) is 72.4 Å². The van der Waals surface area contributed by atoms with Crippen molar-refractivity contribution >= 4 is 47.3 Å². The number of benzene rings is 1. The SMILES string of the molecule is Clc1ccc(-c2ccc(C=NNc3nc(N4CCOCC4)nc(N4CCCOC4)n3)o2)cc1Cl. The summed E-state index contributed by atoms with van der Waals surface area (Å²) in [5.41, 5.74) is 3.72. The van der Waals surface area contributed by atoms with Crippen molar-refractivity contribution in [1.82, 2.24) is 15.0 Å². The van der Waals surface area contributed by atoms with E-state index in [2.05, 4.69) is 30.4 Å². The van der Waals surface area contributed by atoms with Crippen LogP contribution in [0.5, 0.6) is 0 Å². The largest absolute Gasteiger partial charge is 0.455 e. The van der Waals surface area contributed by atoms with Crippen molar-refractivity contribution in [3.05, 3.63) is 46.1 Å². The first-order chi connectivity index (χ1) is 16.7. The third-order valence-corrected chi connectivity index (χ3v) is 6.08. The average molecular weight is 504 g/mol. The van der Waals surface area contributed by atoms with Gasteiger partial charge < -0.3 is 23.7 Å². The predicted octanol–water partition coefficient (Wildman–Crippen LogP) is 3.91. The molecule has 2 fully saturated rings. The Bertz CT molecular complexity index is 1120. The molecule has 2 aliphatic heterocycles. The zero-order chi connectivity index (χ0) is 23.3. The van der Waals surface area contributed by atoms with Crippen molar-refractivity contribution in [1.29, 1.82) is 0 Å². The number of ether oxygens (including phenoxy) is 2. The molecule has 12 heteroatoms. The highest BCUT2D eigenvalue weighted by Gasteiger charge is 2.20. The summed E-state index contributed by atoms with van der Waals surface area (Å²) in [6, 6.07) is 8.98. The Hall–Kier alpha value is -2.92. The molecule has 2 aromatic heterocycles. The van der Waals surface area contributed by atoms with Crippen LogP contribution in [0.2, 0.25) is 10.0 Å². The van der Waals surface area contributed by atoms with E-state index in [4.69, 9.17) is 37.1 Å². The van der Waals surface area contributed by atoms with Crippen LogP contribution in [0.15, 0.2) is 39.9 Å². The minimum absolute atomic E-state index is 0.338. The number of anilines is 3. The van der Waals surface area contributed by atoms with Crippen LogP contribution in [0.3, 0.4) is 0 Å². The highest BCUT2D eigenvalue weighted by atomic mass is 35.5. The van der Waals surface area contributed by atoms with Gasteiger partial charge in [-0.05, 0) is 36.8 Å². The monoisotopic (exact) mass is 503 g/mol. The molecule has 10 nitrogen and oxygen atoms in total. The molecule has 3 aromatic rings. The number of aromatic nitrogens is 3. The summed E-state index contributed by atoms with van der Waals surface area (Å²) in [6.07, 6.45) is 2.47. The molecule has 1 N–H and O–H groups in total. The van der Waals surface area contributed by atoms with Gasteiger partial charge in [-0.1, -0.05) is 23.2 Å². The van der Waals surface area contributed by atoms with Crippen molar-refractivity contribution in [3.8, 4) is 11.3 Å². The van der Waals surface area contributed by atoms with Gasteiger partial charge in [0.2, 0.25) is 17.8 Å². The maximum atomic E-state index is 6.11. The molecule has 34 heavy (non-hydrogen) atoms.